The van der Waals surface area contributed by atoms with E-state index in [1.54, 1.807) is 30.4 Å². The van der Waals surface area contributed by atoms with Gasteiger partial charge >= 0.3 is 0 Å². The Balaban J connectivity index is 1.91. The Morgan fingerprint density at radius 1 is 1.33 bits per heavy atom. The molecule has 5 heteroatoms. The molecule has 0 radical (unpaired) electrons. The van der Waals surface area contributed by atoms with E-state index in [4.69, 9.17) is 16.3 Å². The quantitative estimate of drug-likeness (QED) is 0.481. The van der Waals surface area contributed by atoms with Crippen LogP contribution in [0.15, 0.2) is 47.9 Å². The predicted octanol–water partition coefficient (Wildman–Crippen LogP) is 3.62. The molecule has 0 aliphatic rings. The highest BCUT2D eigenvalue weighted by Crippen LogP contribution is 2.15. The van der Waals surface area contributed by atoms with Crippen molar-refractivity contribution in [2.45, 2.75) is 6.10 Å². The third-order valence-corrected chi connectivity index (χ3v) is 3.93. The van der Waals surface area contributed by atoms with Crippen molar-refractivity contribution in [2.75, 3.05) is 12.5 Å². The first-order valence-electron chi connectivity index (χ1n) is 6.42. The number of carbonyl (C=O) groups is 1. The molecule has 0 bridgehead atoms. The van der Waals surface area contributed by atoms with Crippen LogP contribution in [0.2, 0.25) is 0 Å². The normalized spacial score (nSPS) is 12.5. The number of hydrogen-bond acceptors (Lipinski definition) is 4. The summed E-state index contributed by atoms with van der Waals surface area (Å²) in [6.07, 6.45) is 2.65. The fraction of sp³-hybridized carbons (Fsp3) is 0.188. The lowest BCUT2D eigenvalue weighted by Gasteiger charge is -2.09. The van der Waals surface area contributed by atoms with Gasteiger partial charge in [0.25, 0.3) is 0 Å². The van der Waals surface area contributed by atoms with Gasteiger partial charge in [-0.05, 0) is 35.2 Å². The lowest BCUT2D eigenvalue weighted by molar-refractivity contribution is 0.105. The SMILES string of the molecule is O=C(/C=C/c1ccc(OCC(O)CCl)cc1)c1cccs1. The van der Waals surface area contributed by atoms with Crippen LogP contribution in [-0.4, -0.2) is 29.5 Å². The third kappa shape index (κ3) is 5.01. The van der Waals surface area contributed by atoms with E-state index in [1.807, 2.05) is 23.6 Å². The lowest BCUT2D eigenvalue weighted by atomic mass is 10.2. The Labute approximate surface area is 132 Å². The number of aliphatic hydroxyl groups is 1. The first-order chi connectivity index (χ1) is 10.2. The fourth-order valence-corrected chi connectivity index (χ4v) is 2.32. The third-order valence-electron chi connectivity index (χ3n) is 2.69. The lowest BCUT2D eigenvalue weighted by Crippen LogP contribution is -2.18. The largest absolute Gasteiger partial charge is 0.491 e. The van der Waals surface area contributed by atoms with Gasteiger partial charge in [0.1, 0.15) is 18.5 Å². The Morgan fingerprint density at radius 3 is 2.71 bits per heavy atom. The second-order valence-electron chi connectivity index (χ2n) is 4.36. The number of halogens is 1. The van der Waals surface area contributed by atoms with Crippen molar-refractivity contribution in [1.29, 1.82) is 0 Å². The van der Waals surface area contributed by atoms with Gasteiger partial charge in [-0.2, -0.15) is 0 Å². The Kier molecular flexibility index (Phi) is 5.99. The van der Waals surface area contributed by atoms with Gasteiger partial charge in [-0.1, -0.05) is 24.3 Å². The molecule has 21 heavy (non-hydrogen) atoms. The van der Waals surface area contributed by atoms with Crippen molar-refractivity contribution in [3.05, 3.63) is 58.3 Å². The minimum Gasteiger partial charge on any atom is -0.491 e. The first-order valence-corrected chi connectivity index (χ1v) is 7.83. The molecule has 0 saturated carbocycles. The molecule has 2 aromatic rings. The van der Waals surface area contributed by atoms with Crippen LogP contribution in [0, 0.1) is 0 Å². The van der Waals surface area contributed by atoms with Gasteiger partial charge < -0.3 is 9.84 Å². The minimum absolute atomic E-state index is 0.00411. The van der Waals surface area contributed by atoms with E-state index in [2.05, 4.69) is 0 Å². The Hall–Kier alpha value is -1.62. The molecule has 0 fully saturated rings. The van der Waals surface area contributed by atoms with Crippen molar-refractivity contribution in [3.8, 4) is 5.75 Å². The van der Waals surface area contributed by atoms with Gasteiger partial charge in [0.05, 0.1) is 10.8 Å². The van der Waals surface area contributed by atoms with E-state index in [9.17, 15) is 9.90 Å². The molecule has 0 saturated heterocycles. The van der Waals surface area contributed by atoms with Crippen LogP contribution in [0.25, 0.3) is 6.08 Å². The number of ketones is 1. The number of ether oxygens (including phenoxy) is 1. The van der Waals surface area contributed by atoms with Crippen molar-refractivity contribution in [3.63, 3.8) is 0 Å². The number of rotatable bonds is 7. The van der Waals surface area contributed by atoms with E-state index < -0.39 is 6.10 Å². The number of alkyl halides is 1. The zero-order valence-corrected chi connectivity index (χ0v) is 12.8. The molecule has 1 aromatic heterocycles. The van der Waals surface area contributed by atoms with Crippen molar-refractivity contribution >= 4 is 34.8 Å². The Morgan fingerprint density at radius 2 is 2.10 bits per heavy atom. The molecular formula is C16H15ClO3S. The molecule has 0 amide bonds. The highest BCUT2D eigenvalue weighted by molar-refractivity contribution is 7.12. The molecule has 1 unspecified atom stereocenters. The molecule has 1 N–H and O–H groups in total. The summed E-state index contributed by atoms with van der Waals surface area (Å²) < 4.78 is 5.37. The summed E-state index contributed by atoms with van der Waals surface area (Å²) in [6.45, 7) is 0.162. The van der Waals surface area contributed by atoms with Crippen LogP contribution in [-0.2, 0) is 0 Å². The average Bonchev–Trinajstić information content (AvgIpc) is 3.05. The number of allylic oxidation sites excluding steroid dienone is 1. The van der Waals surface area contributed by atoms with Crippen LogP contribution in [0.5, 0.6) is 5.75 Å². The number of aliphatic hydroxyl groups excluding tert-OH is 1. The van der Waals surface area contributed by atoms with Crippen LogP contribution >= 0.6 is 22.9 Å². The van der Waals surface area contributed by atoms with Crippen LogP contribution < -0.4 is 4.74 Å². The van der Waals surface area contributed by atoms with Gasteiger partial charge in [-0.15, -0.1) is 22.9 Å². The molecule has 2 rings (SSSR count). The van der Waals surface area contributed by atoms with Gasteiger partial charge in [0, 0.05) is 0 Å². The molecule has 0 aliphatic heterocycles. The van der Waals surface area contributed by atoms with E-state index in [0.29, 0.717) is 5.75 Å². The molecule has 110 valence electrons. The van der Waals surface area contributed by atoms with E-state index in [1.165, 1.54) is 11.3 Å². The number of carbonyl (C=O) groups excluding carboxylic acids is 1. The van der Waals surface area contributed by atoms with E-state index in [0.717, 1.165) is 10.4 Å². The van der Waals surface area contributed by atoms with Crippen molar-refractivity contribution in [1.82, 2.24) is 0 Å². The van der Waals surface area contributed by atoms with E-state index in [-0.39, 0.29) is 18.3 Å². The van der Waals surface area contributed by atoms with Crippen LogP contribution in [0.3, 0.4) is 0 Å². The standard InChI is InChI=1S/C16H15ClO3S/c17-10-13(18)11-20-14-6-3-12(4-7-14)5-8-15(19)16-2-1-9-21-16/h1-9,13,18H,10-11H2/b8-5+. The zero-order valence-electron chi connectivity index (χ0n) is 11.2. The highest BCUT2D eigenvalue weighted by atomic mass is 35.5. The average molecular weight is 323 g/mol. The molecule has 1 atom stereocenters. The molecule has 3 nitrogen and oxygen atoms in total. The van der Waals surface area contributed by atoms with Crippen LogP contribution in [0.4, 0.5) is 0 Å². The summed E-state index contributed by atoms with van der Waals surface area (Å²) in [6, 6.07) is 10.9. The molecular weight excluding hydrogens is 308 g/mol. The summed E-state index contributed by atoms with van der Waals surface area (Å²) in [5.74, 6) is 0.794. The topological polar surface area (TPSA) is 46.5 Å². The van der Waals surface area contributed by atoms with Crippen LogP contribution in [0.1, 0.15) is 15.2 Å². The van der Waals surface area contributed by atoms with Crippen molar-refractivity contribution < 1.29 is 14.6 Å². The second kappa shape index (κ2) is 7.98. The summed E-state index contributed by atoms with van der Waals surface area (Å²) >= 11 is 6.91. The van der Waals surface area contributed by atoms with E-state index >= 15 is 0 Å². The Bertz CT molecular complexity index is 590. The molecule has 1 heterocycles. The monoisotopic (exact) mass is 322 g/mol. The number of benzene rings is 1. The maximum atomic E-state index is 11.8. The predicted molar refractivity (Wildman–Crippen MR) is 86.3 cm³/mol. The van der Waals surface area contributed by atoms with Gasteiger partial charge in [-0.25, -0.2) is 0 Å². The summed E-state index contributed by atoms with van der Waals surface area (Å²) in [4.78, 5) is 12.5. The fourth-order valence-electron chi connectivity index (χ4n) is 1.58. The summed E-state index contributed by atoms with van der Waals surface area (Å²) in [7, 11) is 0. The molecule has 0 aliphatic carbocycles. The zero-order chi connectivity index (χ0) is 15.1. The summed E-state index contributed by atoms with van der Waals surface area (Å²) in [5, 5.41) is 11.2. The smallest absolute Gasteiger partial charge is 0.195 e. The minimum atomic E-state index is -0.672. The second-order valence-corrected chi connectivity index (χ2v) is 5.62. The summed E-state index contributed by atoms with van der Waals surface area (Å²) in [5.41, 5.74) is 0.908. The maximum absolute atomic E-state index is 11.8. The van der Waals surface area contributed by atoms with Gasteiger partial charge in [0.15, 0.2) is 5.78 Å². The highest BCUT2D eigenvalue weighted by Gasteiger charge is 2.03. The first kappa shape index (κ1) is 15.8. The van der Waals surface area contributed by atoms with Crippen molar-refractivity contribution in [2.24, 2.45) is 0 Å². The number of thiophene rings is 1. The molecule has 0 spiro atoms. The number of hydrogen-bond donors (Lipinski definition) is 1. The molecule has 1 aromatic carbocycles. The van der Waals surface area contributed by atoms with Gasteiger partial charge in [-0.3, -0.25) is 4.79 Å². The maximum Gasteiger partial charge on any atom is 0.195 e. The van der Waals surface area contributed by atoms with Gasteiger partial charge in [0.2, 0.25) is 0 Å².